The van der Waals surface area contributed by atoms with Crippen LogP contribution in [0.5, 0.6) is 0 Å². The molecular weight excluding hydrogens is 692 g/mol. The highest BCUT2D eigenvalue weighted by Crippen LogP contribution is 2.42. The Kier molecular flexibility index (Phi) is 9.54. The number of aromatic nitrogens is 3. The second-order valence-corrected chi connectivity index (χ2v) is 15.1. The van der Waals surface area contributed by atoms with Gasteiger partial charge in [0.25, 0.3) is 5.56 Å². The van der Waals surface area contributed by atoms with Crippen molar-refractivity contribution in [3.05, 3.63) is 105 Å². The Hall–Kier alpha value is -5.55. The zero-order valence-electron chi connectivity index (χ0n) is 30.4. The third-order valence-electron chi connectivity index (χ3n) is 9.94. The van der Waals surface area contributed by atoms with Crippen LogP contribution in [0.3, 0.4) is 0 Å². The molecule has 53 heavy (non-hydrogen) atoms. The summed E-state index contributed by atoms with van der Waals surface area (Å²) >= 11 is 7.25. The number of carbonyl (C=O) groups is 3. The number of hydrogen-bond donors (Lipinski definition) is 1. The van der Waals surface area contributed by atoms with Crippen molar-refractivity contribution >= 4 is 41.4 Å². The fraction of sp³-hybridized carbons (Fsp3) is 0.317. The molecule has 1 fully saturated rings. The summed E-state index contributed by atoms with van der Waals surface area (Å²) in [7, 11) is 1.99. The van der Waals surface area contributed by atoms with E-state index < -0.39 is 17.3 Å². The van der Waals surface area contributed by atoms with E-state index in [9.17, 15) is 19.2 Å². The number of nitrogens with one attached hydrogen (secondary N) is 1. The first-order valence-electron chi connectivity index (χ1n) is 17.7. The van der Waals surface area contributed by atoms with Crippen LogP contribution in [-0.2, 0) is 9.53 Å². The van der Waals surface area contributed by atoms with Gasteiger partial charge in [-0.05, 0) is 81.0 Å². The molecule has 1 N–H and O–H groups in total. The number of amides is 2. The number of benzene rings is 2. The Labute approximate surface area is 312 Å². The number of hydrogen-bond acceptors (Lipinski definition) is 8. The average molecular weight is 733 g/mol. The number of fused-ring (bicyclic) bond motifs is 2. The van der Waals surface area contributed by atoms with E-state index in [2.05, 4.69) is 15.2 Å². The molecule has 12 heteroatoms. The van der Waals surface area contributed by atoms with Crippen LogP contribution in [0.4, 0.5) is 10.6 Å². The van der Waals surface area contributed by atoms with E-state index in [0.717, 1.165) is 44.8 Å². The maximum atomic E-state index is 13.7. The zero-order valence-corrected chi connectivity index (χ0v) is 31.1. The van der Waals surface area contributed by atoms with Crippen LogP contribution in [0, 0.1) is 6.92 Å². The molecule has 5 aromatic rings. The Morgan fingerprint density at radius 2 is 1.77 bits per heavy atom. The quantitative estimate of drug-likeness (QED) is 0.173. The van der Waals surface area contributed by atoms with Crippen molar-refractivity contribution in [3.63, 3.8) is 0 Å². The highest BCUT2D eigenvalue weighted by molar-refractivity contribution is 6.36. The minimum atomic E-state index is -0.681. The first-order valence-corrected chi connectivity index (χ1v) is 18.1. The molecule has 0 bridgehead atoms. The maximum absolute atomic E-state index is 13.7. The number of pyridine rings is 2. The van der Waals surface area contributed by atoms with Gasteiger partial charge in [0.15, 0.2) is 6.29 Å². The number of halogens is 1. The molecule has 5 heterocycles. The number of carbonyl (C=O) groups excluding carboxylic acids is 3. The van der Waals surface area contributed by atoms with Crippen LogP contribution in [0.1, 0.15) is 67.6 Å². The standard InChI is InChI=1S/C41H41ClN6O5/c1-24-28(25-16-19-47-35(20-25)43-21-26(23-49)39(47)51)8-6-9-29(24)30-10-7-11-31(37(30)42)33-14-13-32-34(17-18-46(5)38(32)45-33)48(40(52)53-41(2,3)4)22-27-12-15-36(50)44-27/h6-11,13-14,16,19-21,23,27,34H,12,15,17-18,22H2,1-5H3,(H,44,50)/t27-,34?/m0/s1. The summed E-state index contributed by atoms with van der Waals surface area (Å²) in [6.07, 6.45) is 4.81. The van der Waals surface area contributed by atoms with Gasteiger partial charge in [0.1, 0.15) is 17.1 Å². The molecular formula is C41H41ClN6O5. The van der Waals surface area contributed by atoms with E-state index in [0.29, 0.717) is 55.0 Å². The predicted octanol–water partition coefficient (Wildman–Crippen LogP) is 7.26. The number of rotatable bonds is 7. The van der Waals surface area contributed by atoms with Crippen molar-refractivity contribution in [1.82, 2.24) is 24.6 Å². The molecule has 11 nitrogen and oxygen atoms in total. The Morgan fingerprint density at radius 1 is 1.04 bits per heavy atom. The third-order valence-corrected chi connectivity index (χ3v) is 10.4. The van der Waals surface area contributed by atoms with Crippen molar-refractivity contribution < 1.29 is 19.1 Å². The minimum Gasteiger partial charge on any atom is -0.444 e. The summed E-state index contributed by atoms with van der Waals surface area (Å²) in [6, 6.07) is 19.1. The molecule has 0 spiro atoms. The van der Waals surface area contributed by atoms with Crippen molar-refractivity contribution in [3.8, 4) is 33.5 Å². The summed E-state index contributed by atoms with van der Waals surface area (Å²) < 4.78 is 7.23. The van der Waals surface area contributed by atoms with Crippen LogP contribution in [0.25, 0.3) is 39.2 Å². The molecule has 7 rings (SSSR count). The molecule has 0 aliphatic carbocycles. The lowest BCUT2D eigenvalue weighted by Gasteiger charge is -2.40. The molecule has 2 aliphatic rings. The summed E-state index contributed by atoms with van der Waals surface area (Å²) in [4.78, 5) is 62.9. The molecule has 2 aromatic carbocycles. The van der Waals surface area contributed by atoms with E-state index in [4.69, 9.17) is 21.3 Å². The van der Waals surface area contributed by atoms with Gasteiger partial charge in [-0.25, -0.2) is 14.8 Å². The fourth-order valence-electron chi connectivity index (χ4n) is 7.29. The minimum absolute atomic E-state index is 0.00112. The SMILES string of the molecule is Cc1c(-c2ccn3c(=O)c(C=O)cnc3c2)cccc1-c1cccc(-c2ccc3c(n2)N(C)CCC3N(C[C@@H]2CCC(=O)N2)C(=O)OC(C)(C)C)c1Cl. The van der Waals surface area contributed by atoms with Crippen molar-refractivity contribution in [2.75, 3.05) is 25.0 Å². The summed E-state index contributed by atoms with van der Waals surface area (Å²) in [6.45, 7) is 8.60. The average Bonchev–Trinajstić information content (AvgIpc) is 3.55. The number of anilines is 1. The largest absolute Gasteiger partial charge is 0.444 e. The van der Waals surface area contributed by atoms with E-state index in [-0.39, 0.29) is 23.6 Å². The lowest BCUT2D eigenvalue weighted by molar-refractivity contribution is -0.119. The second-order valence-electron chi connectivity index (χ2n) is 14.7. The Bertz CT molecular complexity index is 2330. The van der Waals surface area contributed by atoms with Crippen LogP contribution in [0.2, 0.25) is 5.02 Å². The fourth-order valence-corrected chi connectivity index (χ4v) is 7.62. The maximum Gasteiger partial charge on any atom is 0.410 e. The van der Waals surface area contributed by atoms with E-state index >= 15 is 0 Å². The number of ether oxygens (including phenoxy) is 1. The smallest absolute Gasteiger partial charge is 0.410 e. The second kappa shape index (κ2) is 14.1. The molecule has 2 atom stereocenters. The topological polar surface area (TPSA) is 126 Å². The van der Waals surface area contributed by atoms with Gasteiger partial charge in [-0.15, -0.1) is 0 Å². The van der Waals surface area contributed by atoms with Gasteiger partial charge in [-0.2, -0.15) is 0 Å². The van der Waals surface area contributed by atoms with E-state index in [1.165, 1.54) is 10.6 Å². The van der Waals surface area contributed by atoms with Crippen LogP contribution < -0.4 is 15.8 Å². The zero-order chi connectivity index (χ0) is 37.6. The summed E-state index contributed by atoms with van der Waals surface area (Å²) in [5, 5.41) is 3.56. The molecule has 3 aromatic heterocycles. The van der Waals surface area contributed by atoms with Crippen molar-refractivity contribution in [2.24, 2.45) is 0 Å². The van der Waals surface area contributed by atoms with Gasteiger partial charge in [0, 0.05) is 61.7 Å². The van der Waals surface area contributed by atoms with Gasteiger partial charge in [-0.1, -0.05) is 54.1 Å². The third kappa shape index (κ3) is 7.01. The number of aldehydes is 1. The lowest BCUT2D eigenvalue weighted by Crippen LogP contribution is -2.47. The van der Waals surface area contributed by atoms with Crippen molar-refractivity contribution in [2.45, 2.75) is 64.6 Å². The molecule has 272 valence electrons. The highest BCUT2D eigenvalue weighted by atomic mass is 35.5. The highest BCUT2D eigenvalue weighted by Gasteiger charge is 2.37. The van der Waals surface area contributed by atoms with Gasteiger partial charge >= 0.3 is 6.09 Å². The normalized spacial score (nSPS) is 17.0. The first-order chi connectivity index (χ1) is 25.3. The van der Waals surface area contributed by atoms with Crippen molar-refractivity contribution in [1.29, 1.82) is 0 Å². The number of nitrogens with zero attached hydrogens (tertiary/aromatic N) is 5. The molecule has 0 radical (unpaired) electrons. The monoisotopic (exact) mass is 732 g/mol. The summed E-state index contributed by atoms with van der Waals surface area (Å²) in [5.41, 5.74) is 6.31. The molecule has 2 amide bonds. The molecule has 1 saturated heterocycles. The van der Waals surface area contributed by atoms with E-state index in [1.54, 1.807) is 11.1 Å². The van der Waals surface area contributed by atoms with Gasteiger partial charge in [0.05, 0.1) is 22.3 Å². The van der Waals surface area contributed by atoms with Gasteiger partial charge in [0.2, 0.25) is 5.91 Å². The summed E-state index contributed by atoms with van der Waals surface area (Å²) in [5.74, 6) is 0.751. The van der Waals surface area contributed by atoms with Gasteiger partial charge < -0.3 is 15.0 Å². The lowest BCUT2D eigenvalue weighted by atomic mass is 9.91. The molecule has 1 unspecified atom stereocenters. The molecule has 0 saturated carbocycles. The van der Waals surface area contributed by atoms with Crippen LogP contribution in [-0.4, -0.2) is 69.3 Å². The van der Waals surface area contributed by atoms with Crippen LogP contribution in [0.15, 0.2) is 77.9 Å². The Morgan fingerprint density at radius 3 is 2.49 bits per heavy atom. The first kappa shape index (κ1) is 35.8. The predicted molar refractivity (Wildman–Crippen MR) is 205 cm³/mol. The van der Waals surface area contributed by atoms with Crippen LogP contribution >= 0.6 is 11.6 Å². The Balaban J connectivity index is 1.23. The molecule has 2 aliphatic heterocycles. The van der Waals surface area contributed by atoms with E-state index in [1.807, 2.05) is 95.4 Å². The van der Waals surface area contributed by atoms with Gasteiger partial charge in [-0.3, -0.25) is 23.7 Å².